The van der Waals surface area contributed by atoms with Crippen molar-refractivity contribution >= 4 is 12.2 Å². The fraction of sp³-hybridized carbons (Fsp3) is 0.300. The number of nitrogens with zero attached hydrogens (tertiary/aromatic N) is 1. The lowest BCUT2D eigenvalue weighted by Crippen LogP contribution is -2.11. The summed E-state index contributed by atoms with van der Waals surface area (Å²) in [6, 6.07) is 5.96. The van der Waals surface area contributed by atoms with Gasteiger partial charge in [-0.1, -0.05) is 0 Å². The van der Waals surface area contributed by atoms with E-state index in [9.17, 15) is 14.9 Å². The molecular weight excluding hydrogens is 214 g/mol. The first-order chi connectivity index (χ1) is 7.63. The molecule has 6 heteroatoms. The number of non-ortho nitro benzene ring substituents is 1. The van der Waals surface area contributed by atoms with Crippen LogP contribution in [-0.2, 0) is 20.9 Å². The van der Waals surface area contributed by atoms with E-state index >= 15 is 0 Å². The minimum Gasteiger partial charge on any atom is -0.438 e. The molecule has 1 unspecified atom stereocenters. The highest BCUT2D eigenvalue weighted by atomic mass is 16.7. The number of hydrogen-bond donors (Lipinski definition) is 0. The molecule has 0 N–H and O–H groups in total. The van der Waals surface area contributed by atoms with Gasteiger partial charge in [0.2, 0.25) is 0 Å². The molecule has 6 nitrogen and oxygen atoms in total. The molecule has 1 rings (SSSR count). The van der Waals surface area contributed by atoms with Crippen molar-refractivity contribution in [3.63, 3.8) is 0 Å². The molecule has 1 aromatic carbocycles. The van der Waals surface area contributed by atoms with Gasteiger partial charge in [0.1, 0.15) is 0 Å². The van der Waals surface area contributed by atoms with E-state index in [1.165, 1.54) is 12.1 Å². The van der Waals surface area contributed by atoms with Gasteiger partial charge in [-0.2, -0.15) is 0 Å². The van der Waals surface area contributed by atoms with E-state index in [4.69, 9.17) is 4.74 Å². The smallest absolute Gasteiger partial charge is 0.295 e. The van der Waals surface area contributed by atoms with E-state index in [-0.39, 0.29) is 12.3 Å². The van der Waals surface area contributed by atoms with Gasteiger partial charge in [-0.05, 0) is 24.6 Å². The van der Waals surface area contributed by atoms with Crippen LogP contribution in [0.4, 0.5) is 5.69 Å². The van der Waals surface area contributed by atoms with Crippen LogP contribution in [0.1, 0.15) is 12.5 Å². The minimum atomic E-state index is -0.632. The molecule has 16 heavy (non-hydrogen) atoms. The van der Waals surface area contributed by atoms with Gasteiger partial charge < -0.3 is 9.47 Å². The summed E-state index contributed by atoms with van der Waals surface area (Å²) in [5.74, 6) is 0. The van der Waals surface area contributed by atoms with E-state index in [0.717, 1.165) is 5.56 Å². The molecular formula is C10H11NO5. The second kappa shape index (κ2) is 5.82. The molecule has 0 aliphatic heterocycles. The van der Waals surface area contributed by atoms with E-state index in [1.54, 1.807) is 19.1 Å². The van der Waals surface area contributed by atoms with E-state index < -0.39 is 11.2 Å². The topological polar surface area (TPSA) is 78.7 Å². The summed E-state index contributed by atoms with van der Waals surface area (Å²) in [5, 5.41) is 10.4. The van der Waals surface area contributed by atoms with Crippen molar-refractivity contribution in [1.29, 1.82) is 0 Å². The molecule has 0 aliphatic rings. The summed E-state index contributed by atoms with van der Waals surface area (Å²) in [6.07, 6.45) is -0.632. The van der Waals surface area contributed by atoms with Crippen LogP contribution in [-0.4, -0.2) is 17.7 Å². The van der Waals surface area contributed by atoms with E-state index in [0.29, 0.717) is 6.47 Å². The van der Waals surface area contributed by atoms with Crippen molar-refractivity contribution in [3.05, 3.63) is 39.9 Å². The standard InChI is InChI=1S/C10H11NO5/c1-8(16-7-12)15-6-9-2-4-10(5-3-9)11(13)14/h2-5,7-8H,6H2,1H3. The molecule has 0 heterocycles. The molecule has 0 saturated carbocycles. The van der Waals surface area contributed by atoms with Crippen molar-refractivity contribution in [3.8, 4) is 0 Å². The molecule has 0 spiro atoms. The fourth-order valence-electron chi connectivity index (χ4n) is 1.04. The Kier molecular flexibility index (Phi) is 4.41. The Balaban J connectivity index is 2.49. The maximum atomic E-state index is 10.4. The summed E-state index contributed by atoms with van der Waals surface area (Å²) in [7, 11) is 0. The molecule has 1 aromatic rings. The number of benzene rings is 1. The number of hydrogen-bond acceptors (Lipinski definition) is 5. The van der Waals surface area contributed by atoms with E-state index in [2.05, 4.69) is 4.74 Å². The summed E-state index contributed by atoms with van der Waals surface area (Å²) >= 11 is 0. The molecule has 86 valence electrons. The van der Waals surface area contributed by atoms with Crippen LogP contribution in [0.25, 0.3) is 0 Å². The number of ether oxygens (including phenoxy) is 2. The molecule has 1 atom stereocenters. The Morgan fingerprint density at radius 2 is 2.06 bits per heavy atom. The normalized spacial score (nSPS) is 11.8. The van der Waals surface area contributed by atoms with Crippen molar-refractivity contribution < 1.29 is 19.2 Å². The van der Waals surface area contributed by atoms with Crippen LogP contribution in [0.15, 0.2) is 24.3 Å². The summed E-state index contributed by atoms with van der Waals surface area (Å²) in [5.41, 5.74) is 0.799. The van der Waals surface area contributed by atoms with Crippen molar-refractivity contribution in [2.24, 2.45) is 0 Å². The van der Waals surface area contributed by atoms with Gasteiger partial charge in [0.25, 0.3) is 12.2 Å². The molecule has 0 amide bonds. The fourth-order valence-corrected chi connectivity index (χ4v) is 1.04. The third kappa shape index (κ3) is 3.66. The Bertz CT molecular complexity index is 362. The Labute approximate surface area is 91.9 Å². The molecule has 0 bridgehead atoms. The lowest BCUT2D eigenvalue weighted by atomic mass is 10.2. The van der Waals surface area contributed by atoms with Gasteiger partial charge in [0, 0.05) is 12.1 Å². The Morgan fingerprint density at radius 3 is 2.56 bits per heavy atom. The van der Waals surface area contributed by atoms with Gasteiger partial charge in [0.05, 0.1) is 11.5 Å². The zero-order chi connectivity index (χ0) is 12.0. The second-order valence-corrected chi connectivity index (χ2v) is 3.03. The lowest BCUT2D eigenvalue weighted by molar-refractivity contribution is -0.384. The third-order valence-electron chi connectivity index (χ3n) is 1.88. The number of rotatable bonds is 6. The number of carbonyl (C=O) groups excluding carboxylic acids is 1. The first-order valence-corrected chi connectivity index (χ1v) is 4.57. The van der Waals surface area contributed by atoms with Gasteiger partial charge in [-0.25, -0.2) is 0 Å². The Morgan fingerprint density at radius 1 is 1.44 bits per heavy atom. The molecule has 0 aliphatic carbocycles. The van der Waals surface area contributed by atoms with Crippen LogP contribution in [0.2, 0.25) is 0 Å². The summed E-state index contributed by atoms with van der Waals surface area (Å²) < 4.78 is 9.66. The highest BCUT2D eigenvalue weighted by Gasteiger charge is 2.05. The molecule has 0 fully saturated rings. The SMILES string of the molecule is CC(OC=O)OCc1ccc([N+](=O)[O-])cc1. The largest absolute Gasteiger partial charge is 0.438 e. The number of nitro benzene ring substituents is 1. The van der Waals surface area contributed by atoms with Gasteiger partial charge >= 0.3 is 0 Å². The highest BCUT2D eigenvalue weighted by molar-refractivity contribution is 5.37. The zero-order valence-corrected chi connectivity index (χ0v) is 8.66. The quantitative estimate of drug-likeness (QED) is 0.318. The Hall–Kier alpha value is -1.95. The van der Waals surface area contributed by atoms with Crippen molar-refractivity contribution in [2.75, 3.05) is 0 Å². The minimum absolute atomic E-state index is 0.0286. The highest BCUT2D eigenvalue weighted by Crippen LogP contribution is 2.13. The van der Waals surface area contributed by atoms with Gasteiger partial charge in [0.15, 0.2) is 6.29 Å². The summed E-state index contributed by atoms with van der Waals surface area (Å²) in [6.45, 7) is 2.12. The van der Waals surface area contributed by atoms with E-state index in [1.807, 2.05) is 0 Å². The van der Waals surface area contributed by atoms with Crippen LogP contribution in [0, 0.1) is 10.1 Å². The summed E-state index contributed by atoms with van der Waals surface area (Å²) in [4.78, 5) is 19.9. The van der Waals surface area contributed by atoms with Gasteiger partial charge in [-0.3, -0.25) is 14.9 Å². The van der Waals surface area contributed by atoms with Gasteiger partial charge in [-0.15, -0.1) is 0 Å². The maximum absolute atomic E-state index is 10.4. The predicted molar refractivity (Wildman–Crippen MR) is 54.5 cm³/mol. The second-order valence-electron chi connectivity index (χ2n) is 3.03. The van der Waals surface area contributed by atoms with Crippen molar-refractivity contribution in [1.82, 2.24) is 0 Å². The molecule has 0 aromatic heterocycles. The van der Waals surface area contributed by atoms with Crippen molar-refractivity contribution in [2.45, 2.75) is 19.8 Å². The van der Waals surface area contributed by atoms with Crippen LogP contribution < -0.4 is 0 Å². The average molecular weight is 225 g/mol. The first-order valence-electron chi connectivity index (χ1n) is 4.57. The maximum Gasteiger partial charge on any atom is 0.295 e. The molecule has 0 radical (unpaired) electrons. The lowest BCUT2D eigenvalue weighted by Gasteiger charge is -2.10. The number of carbonyl (C=O) groups is 1. The molecule has 0 saturated heterocycles. The van der Waals surface area contributed by atoms with Crippen LogP contribution in [0.5, 0.6) is 0 Å². The first kappa shape index (κ1) is 12.1. The monoisotopic (exact) mass is 225 g/mol. The van der Waals surface area contributed by atoms with Crippen LogP contribution >= 0.6 is 0 Å². The third-order valence-corrected chi connectivity index (χ3v) is 1.88. The predicted octanol–water partition coefficient (Wildman–Crippen LogP) is 1.63. The van der Waals surface area contributed by atoms with Crippen LogP contribution in [0.3, 0.4) is 0 Å². The average Bonchev–Trinajstić information content (AvgIpc) is 2.27. The number of nitro groups is 1. The zero-order valence-electron chi connectivity index (χ0n) is 8.66.